The number of ether oxygens (including phenoxy) is 4. The van der Waals surface area contributed by atoms with Crippen molar-refractivity contribution >= 4 is 5.91 Å². The summed E-state index contributed by atoms with van der Waals surface area (Å²) in [6, 6.07) is -0.909. The molecule has 2 aliphatic rings. The van der Waals surface area contributed by atoms with Crippen molar-refractivity contribution in [3.63, 3.8) is 0 Å². The van der Waals surface area contributed by atoms with Crippen molar-refractivity contribution in [2.75, 3.05) is 19.8 Å². The highest BCUT2D eigenvalue weighted by molar-refractivity contribution is 5.76. The van der Waals surface area contributed by atoms with Crippen molar-refractivity contribution in [2.24, 2.45) is 0 Å². The number of allylic oxidation sites excluding steroid dienone is 1. The summed E-state index contributed by atoms with van der Waals surface area (Å²) in [5.74, 6) is -0.234. The fourth-order valence-corrected chi connectivity index (χ4v) is 10.3. The van der Waals surface area contributed by atoms with Crippen LogP contribution in [0.25, 0.3) is 0 Å². The lowest BCUT2D eigenvalue weighted by Gasteiger charge is -2.46. The smallest absolute Gasteiger partial charge is 0.220 e. The summed E-state index contributed by atoms with van der Waals surface area (Å²) in [7, 11) is 0. The molecule has 0 saturated carbocycles. The molecule has 0 aromatic carbocycles. The molecular weight excluding hydrogens is 931 g/mol. The Morgan fingerprint density at radius 1 is 0.479 bits per heavy atom. The van der Waals surface area contributed by atoms with Gasteiger partial charge in [0.15, 0.2) is 12.6 Å². The van der Waals surface area contributed by atoms with Crippen LogP contribution in [0, 0.1) is 0 Å². The molecular formula is C59H113NO13. The maximum absolute atomic E-state index is 13.2. The molecule has 0 radical (unpaired) electrons. The van der Waals surface area contributed by atoms with Gasteiger partial charge in [-0.25, -0.2) is 0 Å². The number of aliphatic hydroxyl groups is 8. The second kappa shape index (κ2) is 45.7. The van der Waals surface area contributed by atoms with E-state index in [9.17, 15) is 45.6 Å². The number of carbonyl (C=O) groups is 1. The summed E-state index contributed by atoms with van der Waals surface area (Å²) in [5.41, 5.74) is 0. The molecule has 14 heteroatoms. The number of amides is 1. The van der Waals surface area contributed by atoms with E-state index in [-0.39, 0.29) is 18.9 Å². The lowest BCUT2D eigenvalue weighted by molar-refractivity contribution is -0.359. The summed E-state index contributed by atoms with van der Waals surface area (Å²) in [5, 5.41) is 87.0. The maximum Gasteiger partial charge on any atom is 0.220 e. The topological polar surface area (TPSA) is 228 Å². The molecule has 0 bridgehead atoms. The normalized spacial score (nSPS) is 25.4. The Bertz CT molecular complexity index is 1280. The highest BCUT2D eigenvalue weighted by atomic mass is 16.7. The highest BCUT2D eigenvalue weighted by Crippen LogP contribution is 2.30. The molecule has 432 valence electrons. The standard InChI is InChI=1S/C59H113NO13/c1-3-5-7-9-11-13-15-17-19-20-21-22-23-24-25-26-27-28-29-31-33-35-37-39-41-43-51(64)60-47(48(63)42-40-38-36-34-32-30-18-16-14-12-10-8-6-4-2)46-70-58-56(69)54(67)57(50(45-62)72-58)73-59-55(68)53(66)52(65)49(44-61)71-59/h40,42,47-50,52-59,61-63,65-69H,3-39,41,43-46H2,1-2H3,(H,60,64)/b42-40+/t47-,48+,49+,50+,52-,53?,54?,55?,56?,57+,58+,59-/m0/s1. The van der Waals surface area contributed by atoms with Crippen molar-refractivity contribution in [3.8, 4) is 0 Å². The van der Waals surface area contributed by atoms with Crippen molar-refractivity contribution < 1.29 is 64.6 Å². The van der Waals surface area contributed by atoms with E-state index in [2.05, 4.69) is 19.2 Å². The average molecular weight is 1040 g/mol. The van der Waals surface area contributed by atoms with Crippen LogP contribution in [-0.4, -0.2) is 140 Å². The van der Waals surface area contributed by atoms with E-state index in [1.807, 2.05) is 6.08 Å². The van der Waals surface area contributed by atoms with Crippen LogP contribution in [0.15, 0.2) is 12.2 Å². The van der Waals surface area contributed by atoms with Gasteiger partial charge in [-0.2, -0.15) is 0 Å². The molecule has 0 spiro atoms. The van der Waals surface area contributed by atoms with Crippen molar-refractivity contribution in [2.45, 2.75) is 338 Å². The number of rotatable bonds is 49. The molecule has 14 nitrogen and oxygen atoms in total. The highest BCUT2D eigenvalue weighted by Gasteiger charge is 2.51. The number of aliphatic hydroxyl groups excluding tert-OH is 8. The largest absolute Gasteiger partial charge is 0.394 e. The summed E-state index contributed by atoms with van der Waals surface area (Å²) in [4.78, 5) is 13.2. The Morgan fingerprint density at radius 2 is 0.849 bits per heavy atom. The molecule has 1 amide bonds. The maximum atomic E-state index is 13.2. The Labute approximate surface area is 444 Å². The first-order valence-electron chi connectivity index (χ1n) is 30.4. The van der Waals surface area contributed by atoms with Gasteiger partial charge in [-0.1, -0.05) is 251 Å². The first-order chi connectivity index (χ1) is 35.6. The molecule has 2 rings (SSSR count). The van der Waals surface area contributed by atoms with E-state index in [1.54, 1.807) is 6.08 Å². The lowest BCUT2D eigenvalue weighted by Crippen LogP contribution is -2.65. The Kier molecular flexibility index (Phi) is 42.5. The third kappa shape index (κ3) is 31.7. The van der Waals surface area contributed by atoms with Gasteiger partial charge in [0.25, 0.3) is 0 Å². The van der Waals surface area contributed by atoms with Crippen molar-refractivity contribution in [1.82, 2.24) is 5.32 Å². The van der Waals surface area contributed by atoms with Crippen LogP contribution in [0.5, 0.6) is 0 Å². The predicted octanol–water partition coefficient (Wildman–Crippen LogP) is 10.3. The second-order valence-corrected chi connectivity index (χ2v) is 21.8. The molecule has 0 aliphatic carbocycles. The van der Waals surface area contributed by atoms with Gasteiger partial charge in [-0.3, -0.25) is 4.79 Å². The Balaban J connectivity index is 1.71. The van der Waals surface area contributed by atoms with E-state index in [0.29, 0.717) is 6.42 Å². The third-order valence-corrected chi connectivity index (χ3v) is 15.2. The molecule has 73 heavy (non-hydrogen) atoms. The van der Waals surface area contributed by atoms with Crippen LogP contribution in [0.2, 0.25) is 0 Å². The zero-order chi connectivity index (χ0) is 53.2. The average Bonchev–Trinajstić information content (AvgIpc) is 3.39. The molecule has 2 heterocycles. The van der Waals surface area contributed by atoms with Gasteiger partial charge in [0.1, 0.15) is 48.8 Å². The molecule has 2 aliphatic heterocycles. The summed E-state index contributed by atoms with van der Waals surface area (Å²) in [6.07, 6.45) is 35.4. The Hall–Kier alpha value is -1.27. The minimum Gasteiger partial charge on any atom is -0.394 e. The Morgan fingerprint density at radius 3 is 1.26 bits per heavy atom. The van der Waals surface area contributed by atoms with Gasteiger partial charge in [0.05, 0.1) is 32.0 Å². The molecule has 2 saturated heterocycles. The fraction of sp³-hybridized carbons (Fsp3) is 0.949. The summed E-state index contributed by atoms with van der Waals surface area (Å²) >= 11 is 0. The van der Waals surface area contributed by atoms with Gasteiger partial charge >= 0.3 is 0 Å². The van der Waals surface area contributed by atoms with Crippen LogP contribution in [0.3, 0.4) is 0 Å². The van der Waals surface area contributed by atoms with Crippen LogP contribution < -0.4 is 5.32 Å². The minimum atomic E-state index is -1.78. The monoisotopic (exact) mass is 1040 g/mol. The zero-order valence-corrected chi connectivity index (χ0v) is 46.4. The SMILES string of the molecule is CCCCCCCCCCCCCC/C=C/[C@@H](O)[C@H](CO[C@@H]1O[C@H](CO)[C@@H](O[C@@H]2O[C@H](CO)[C@H](O)C(O)C2O)C(O)C1O)NC(=O)CCCCCCCCCCCCCCCCCCCCCCCCCCC. The predicted molar refractivity (Wildman–Crippen MR) is 291 cm³/mol. The number of nitrogens with one attached hydrogen (secondary N) is 1. The molecule has 4 unspecified atom stereocenters. The number of hydrogen-bond donors (Lipinski definition) is 9. The van der Waals surface area contributed by atoms with Crippen molar-refractivity contribution in [3.05, 3.63) is 12.2 Å². The number of unbranched alkanes of at least 4 members (excludes halogenated alkanes) is 36. The van der Waals surface area contributed by atoms with Crippen LogP contribution >= 0.6 is 0 Å². The van der Waals surface area contributed by atoms with Gasteiger partial charge in [0.2, 0.25) is 5.91 Å². The molecule has 0 aromatic rings. The van der Waals surface area contributed by atoms with E-state index < -0.39 is 86.8 Å². The quantitative estimate of drug-likeness (QED) is 0.0204. The summed E-state index contributed by atoms with van der Waals surface area (Å²) < 4.78 is 22.8. The van der Waals surface area contributed by atoms with E-state index in [1.165, 1.54) is 199 Å². The summed E-state index contributed by atoms with van der Waals surface area (Å²) in [6.45, 7) is 2.82. The van der Waals surface area contributed by atoms with E-state index in [4.69, 9.17) is 18.9 Å². The molecule has 12 atom stereocenters. The van der Waals surface area contributed by atoms with Crippen LogP contribution in [-0.2, 0) is 23.7 Å². The second-order valence-electron chi connectivity index (χ2n) is 21.8. The molecule has 2 fully saturated rings. The number of carbonyl (C=O) groups excluding carboxylic acids is 1. The fourth-order valence-electron chi connectivity index (χ4n) is 10.3. The number of hydrogen-bond acceptors (Lipinski definition) is 13. The van der Waals surface area contributed by atoms with Crippen molar-refractivity contribution in [1.29, 1.82) is 0 Å². The molecule has 9 N–H and O–H groups in total. The van der Waals surface area contributed by atoms with E-state index in [0.717, 1.165) is 38.5 Å². The van der Waals surface area contributed by atoms with Gasteiger partial charge in [0, 0.05) is 6.42 Å². The first kappa shape index (κ1) is 67.8. The van der Waals surface area contributed by atoms with Crippen LogP contribution in [0.4, 0.5) is 0 Å². The minimum absolute atomic E-state index is 0.234. The molecule has 0 aromatic heterocycles. The van der Waals surface area contributed by atoms with E-state index >= 15 is 0 Å². The van der Waals surface area contributed by atoms with Gasteiger partial charge < -0.3 is 65.1 Å². The third-order valence-electron chi connectivity index (χ3n) is 15.2. The van der Waals surface area contributed by atoms with Gasteiger partial charge in [-0.15, -0.1) is 0 Å². The zero-order valence-electron chi connectivity index (χ0n) is 46.4. The van der Waals surface area contributed by atoms with Crippen LogP contribution in [0.1, 0.15) is 264 Å². The lowest BCUT2D eigenvalue weighted by atomic mass is 9.97. The first-order valence-corrected chi connectivity index (χ1v) is 30.4. The van der Waals surface area contributed by atoms with Gasteiger partial charge in [-0.05, 0) is 19.3 Å².